The summed E-state index contributed by atoms with van der Waals surface area (Å²) in [6.45, 7) is -0.308. The van der Waals surface area contributed by atoms with Gasteiger partial charge in [0, 0.05) is 0 Å². The van der Waals surface area contributed by atoms with E-state index in [0.29, 0.717) is 18.6 Å². The van der Waals surface area contributed by atoms with Crippen LogP contribution in [0, 0.1) is 0 Å². The number of carboxylic acid groups (broad SMARTS) is 1. The van der Waals surface area contributed by atoms with Crippen molar-refractivity contribution in [1.29, 1.82) is 0 Å². The molecule has 0 aromatic heterocycles. The van der Waals surface area contributed by atoms with Crippen LogP contribution in [0.25, 0.3) is 0 Å². The second-order valence-corrected chi connectivity index (χ2v) is 3.61. The van der Waals surface area contributed by atoms with Crippen molar-refractivity contribution in [3.63, 3.8) is 0 Å². The minimum absolute atomic E-state index is 0.308. The quantitative estimate of drug-likeness (QED) is 0.591. The van der Waals surface area contributed by atoms with Gasteiger partial charge in [0.1, 0.15) is 6.04 Å². The first-order chi connectivity index (χ1) is 5.68. The molecule has 0 saturated carbocycles. The van der Waals surface area contributed by atoms with E-state index in [1.54, 1.807) is 11.8 Å². The van der Waals surface area contributed by atoms with Crippen molar-refractivity contribution in [2.75, 3.05) is 18.2 Å². The first-order valence-electron chi connectivity index (χ1n) is 3.80. The number of rotatable bonds is 7. The highest BCUT2D eigenvalue weighted by Gasteiger charge is 2.09. The number of carbonyl (C=O) groups is 1. The van der Waals surface area contributed by atoms with Crippen molar-refractivity contribution >= 4 is 17.7 Å². The van der Waals surface area contributed by atoms with E-state index in [9.17, 15) is 9.18 Å². The number of nitrogens with two attached hydrogens (primary N) is 1. The lowest BCUT2D eigenvalue weighted by Crippen LogP contribution is -2.30. The zero-order valence-corrected chi connectivity index (χ0v) is 7.65. The molecule has 0 unspecified atom stereocenters. The fourth-order valence-corrected chi connectivity index (χ4v) is 1.53. The Bertz CT molecular complexity index is 135. The second kappa shape index (κ2) is 7.36. The lowest BCUT2D eigenvalue weighted by Gasteiger charge is -2.04. The van der Waals surface area contributed by atoms with Crippen LogP contribution in [0.15, 0.2) is 0 Å². The van der Waals surface area contributed by atoms with E-state index in [1.807, 2.05) is 0 Å². The van der Waals surface area contributed by atoms with Crippen molar-refractivity contribution in [2.24, 2.45) is 5.73 Å². The average Bonchev–Trinajstić information content (AvgIpc) is 2.03. The maximum atomic E-state index is 11.6. The Morgan fingerprint density at radius 1 is 1.58 bits per heavy atom. The summed E-state index contributed by atoms with van der Waals surface area (Å²) in [4.78, 5) is 10.2. The molecule has 0 amide bonds. The maximum Gasteiger partial charge on any atom is 0.320 e. The minimum Gasteiger partial charge on any atom is -0.480 e. The van der Waals surface area contributed by atoms with Gasteiger partial charge in [-0.25, -0.2) is 0 Å². The summed E-state index contributed by atoms with van der Waals surface area (Å²) < 4.78 is 11.6. The average molecular weight is 194 g/mol. The van der Waals surface area contributed by atoms with Crippen LogP contribution >= 0.6 is 11.8 Å². The lowest BCUT2D eigenvalue weighted by molar-refractivity contribution is -0.138. The Labute approximate surface area is 75.5 Å². The maximum absolute atomic E-state index is 11.6. The molecule has 12 heavy (non-hydrogen) atoms. The SMILES string of the molecule is N[C@H](CCSCCC[18F])C(=O)O. The number of aliphatic carboxylic acids is 1. The number of halogens is 1. The largest absolute Gasteiger partial charge is 0.480 e. The smallest absolute Gasteiger partial charge is 0.320 e. The Morgan fingerprint density at radius 2 is 2.25 bits per heavy atom. The zero-order valence-electron chi connectivity index (χ0n) is 6.83. The van der Waals surface area contributed by atoms with Gasteiger partial charge in [-0.1, -0.05) is 0 Å². The fraction of sp³-hybridized carbons (Fsp3) is 0.857. The van der Waals surface area contributed by atoms with Gasteiger partial charge in [0.25, 0.3) is 0 Å². The van der Waals surface area contributed by atoms with Crippen molar-refractivity contribution in [1.82, 2.24) is 0 Å². The van der Waals surface area contributed by atoms with Crippen LogP contribution in [0.1, 0.15) is 12.8 Å². The van der Waals surface area contributed by atoms with Crippen LogP contribution in [-0.2, 0) is 4.79 Å². The van der Waals surface area contributed by atoms with Gasteiger partial charge in [-0.3, -0.25) is 9.18 Å². The number of thioether (sulfide) groups is 1. The summed E-state index contributed by atoms with van der Waals surface area (Å²) in [5.74, 6) is 0.456. The summed E-state index contributed by atoms with van der Waals surface area (Å²) in [6.07, 6.45) is 0.985. The van der Waals surface area contributed by atoms with Crippen molar-refractivity contribution in [2.45, 2.75) is 18.9 Å². The highest BCUT2D eigenvalue weighted by atomic mass is 32.2. The predicted molar refractivity (Wildman–Crippen MR) is 48.1 cm³/mol. The summed E-state index contributed by atoms with van der Waals surface area (Å²) in [6, 6.07) is -0.775. The molecule has 1 atom stereocenters. The van der Waals surface area contributed by atoms with E-state index < -0.39 is 12.0 Å². The number of hydrogen-bond donors (Lipinski definition) is 2. The lowest BCUT2D eigenvalue weighted by atomic mass is 10.2. The Balaban J connectivity index is 3.14. The van der Waals surface area contributed by atoms with Gasteiger partial charge < -0.3 is 10.8 Å². The third kappa shape index (κ3) is 6.42. The third-order valence-corrected chi connectivity index (χ3v) is 2.41. The third-order valence-electron chi connectivity index (χ3n) is 1.31. The molecule has 0 aliphatic heterocycles. The topological polar surface area (TPSA) is 63.3 Å². The second-order valence-electron chi connectivity index (χ2n) is 2.39. The highest BCUT2D eigenvalue weighted by Crippen LogP contribution is 2.05. The molecule has 0 spiro atoms. The summed E-state index contributed by atoms with van der Waals surface area (Å²) in [5, 5.41) is 8.39. The molecule has 0 aromatic carbocycles. The normalized spacial score (nSPS) is 12.8. The number of carboxylic acids is 1. The molecule has 0 saturated heterocycles. The Morgan fingerprint density at radius 3 is 2.75 bits per heavy atom. The molecule has 0 aromatic rings. The molecular weight excluding hydrogens is 180 g/mol. The molecule has 0 aliphatic carbocycles. The van der Waals surface area contributed by atoms with Crippen molar-refractivity contribution in [3.05, 3.63) is 0 Å². The predicted octanol–water partition coefficient (Wildman–Crippen LogP) is 0.881. The molecule has 0 aliphatic rings. The van der Waals surface area contributed by atoms with Crippen LogP contribution in [-0.4, -0.2) is 35.3 Å². The van der Waals surface area contributed by atoms with Gasteiger partial charge in [-0.05, 0) is 24.3 Å². The molecule has 3 N–H and O–H groups in total. The summed E-state index contributed by atoms with van der Waals surface area (Å²) >= 11 is 1.54. The molecule has 5 heteroatoms. The Hall–Kier alpha value is -0.290. The molecule has 0 rings (SSSR count). The molecular formula is C7H14FNO2S. The summed E-state index contributed by atoms with van der Waals surface area (Å²) in [5.41, 5.74) is 5.24. The first-order valence-corrected chi connectivity index (χ1v) is 4.96. The van der Waals surface area contributed by atoms with Gasteiger partial charge in [-0.2, -0.15) is 11.8 Å². The van der Waals surface area contributed by atoms with Crippen molar-refractivity contribution < 1.29 is 14.3 Å². The van der Waals surface area contributed by atoms with Gasteiger partial charge >= 0.3 is 5.97 Å². The standard InChI is InChI=1S/C7H14FNO2S/c8-3-1-4-12-5-2-6(9)7(10)11/h6H,1-5,9H2,(H,10,11)/t6-/m1/s1/i8-1. The molecule has 0 heterocycles. The number of alkyl halides is 1. The molecule has 0 bridgehead atoms. The van der Waals surface area contributed by atoms with Gasteiger partial charge in [0.15, 0.2) is 0 Å². The highest BCUT2D eigenvalue weighted by molar-refractivity contribution is 7.99. The summed E-state index contributed by atoms with van der Waals surface area (Å²) in [7, 11) is 0. The molecule has 72 valence electrons. The van der Waals surface area contributed by atoms with E-state index in [4.69, 9.17) is 10.8 Å². The first kappa shape index (κ1) is 11.7. The van der Waals surface area contributed by atoms with Crippen LogP contribution in [0.4, 0.5) is 4.39 Å². The molecule has 3 nitrogen and oxygen atoms in total. The fourth-order valence-electron chi connectivity index (χ4n) is 0.592. The van der Waals surface area contributed by atoms with E-state index >= 15 is 0 Å². The van der Waals surface area contributed by atoms with E-state index in [2.05, 4.69) is 0 Å². The van der Waals surface area contributed by atoms with Gasteiger partial charge in [0.2, 0.25) is 0 Å². The monoisotopic (exact) mass is 194 g/mol. The van der Waals surface area contributed by atoms with Gasteiger partial charge in [0.05, 0.1) is 6.67 Å². The van der Waals surface area contributed by atoms with Crippen LogP contribution in [0.2, 0.25) is 0 Å². The van der Waals surface area contributed by atoms with E-state index in [0.717, 1.165) is 5.75 Å². The van der Waals surface area contributed by atoms with E-state index in [-0.39, 0.29) is 6.67 Å². The van der Waals surface area contributed by atoms with E-state index in [1.165, 1.54) is 0 Å². The zero-order chi connectivity index (χ0) is 9.40. The van der Waals surface area contributed by atoms with Crippen molar-refractivity contribution in [3.8, 4) is 0 Å². The number of hydrogen-bond acceptors (Lipinski definition) is 3. The van der Waals surface area contributed by atoms with Crippen LogP contribution < -0.4 is 5.73 Å². The van der Waals surface area contributed by atoms with Gasteiger partial charge in [-0.15, -0.1) is 0 Å². The van der Waals surface area contributed by atoms with Crippen LogP contribution in [0.5, 0.6) is 0 Å². The van der Waals surface area contributed by atoms with Crippen LogP contribution in [0.3, 0.4) is 0 Å². The Kier molecular flexibility index (Phi) is 7.19. The minimum atomic E-state index is -0.971. The molecule has 0 radical (unpaired) electrons. The molecule has 0 fully saturated rings.